The summed E-state index contributed by atoms with van der Waals surface area (Å²) in [5.41, 5.74) is 2.23. The molecule has 6 heteroatoms. The zero-order valence-corrected chi connectivity index (χ0v) is 16.5. The number of carbonyl (C=O) groups excluding carboxylic acids is 2. The van der Waals surface area contributed by atoms with Gasteiger partial charge >= 0.3 is 0 Å². The number of amides is 2. The van der Waals surface area contributed by atoms with E-state index in [2.05, 4.69) is 31.4 Å². The number of hydrogen-bond donors (Lipinski definition) is 2. The molecule has 4 nitrogen and oxygen atoms in total. The minimum absolute atomic E-state index is 0.0455. The molecule has 2 aromatic carbocycles. The molecule has 0 aliphatic rings. The first-order valence-corrected chi connectivity index (χ1v) is 9.06. The lowest BCUT2D eigenvalue weighted by atomic mass is 9.87. The standard InChI is InChI=1S/C20H22Cl2N2O2/c1-20(2,3)15-7-4-13(5-8-15)18(25)23-10-11-24-19(26)14-6-9-16(21)17(22)12-14/h4-9,12H,10-11H2,1-3H3,(H,23,25)(H,24,26). The van der Waals surface area contributed by atoms with Gasteiger partial charge in [0, 0.05) is 24.2 Å². The SMILES string of the molecule is CC(C)(C)c1ccc(C(=O)NCCNC(=O)c2ccc(Cl)c(Cl)c2)cc1. The Morgan fingerprint density at radius 3 is 1.81 bits per heavy atom. The van der Waals surface area contributed by atoms with Crippen LogP contribution in [-0.4, -0.2) is 24.9 Å². The number of hydrogen-bond acceptors (Lipinski definition) is 2. The van der Waals surface area contributed by atoms with Crippen LogP contribution in [0.25, 0.3) is 0 Å². The summed E-state index contributed by atoms with van der Waals surface area (Å²) in [4.78, 5) is 24.2. The van der Waals surface area contributed by atoms with Gasteiger partial charge in [-0.25, -0.2) is 0 Å². The second kappa shape index (κ2) is 8.56. The van der Waals surface area contributed by atoms with E-state index in [1.54, 1.807) is 12.1 Å². The highest BCUT2D eigenvalue weighted by Crippen LogP contribution is 2.23. The molecular weight excluding hydrogens is 371 g/mol. The van der Waals surface area contributed by atoms with Gasteiger partial charge in [-0.15, -0.1) is 0 Å². The van der Waals surface area contributed by atoms with Gasteiger partial charge in [-0.1, -0.05) is 56.1 Å². The number of halogens is 2. The molecule has 0 heterocycles. The lowest BCUT2D eigenvalue weighted by Gasteiger charge is -2.19. The summed E-state index contributed by atoms with van der Waals surface area (Å²) in [6.45, 7) is 7.01. The van der Waals surface area contributed by atoms with Crippen LogP contribution in [0.2, 0.25) is 10.0 Å². The Bertz CT molecular complexity index is 796. The highest BCUT2D eigenvalue weighted by Gasteiger charge is 2.14. The van der Waals surface area contributed by atoms with E-state index < -0.39 is 0 Å². The van der Waals surface area contributed by atoms with Crippen molar-refractivity contribution in [2.75, 3.05) is 13.1 Å². The fourth-order valence-corrected chi connectivity index (χ4v) is 2.61. The predicted octanol–water partition coefficient (Wildman–Crippen LogP) is 4.45. The molecular formula is C20H22Cl2N2O2. The smallest absolute Gasteiger partial charge is 0.251 e. The summed E-state index contributed by atoms with van der Waals surface area (Å²) in [5, 5.41) is 6.23. The van der Waals surface area contributed by atoms with Gasteiger partial charge in [-0.3, -0.25) is 9.59 Å². The molecule has 26 heavy (non-hydrogen) atoms. The summed E-state index contributed by atoms with van der Waals surface area (Å²) in [6.07, 6.45) is 0. The van der Waals surface area contributed by atoms with Crippen molar-refractivity contribution in [1.82, 2.24) is 10.6 Å². The van der Waals surface area contributed by atoms with E-state index in [0.717, 1.165) is 0 Å². The van der Waals surface area contributed by atoms with Gasteiger partial charge in [0.25, 0.3) is 11.8 Å². The molecule has 2 aromatic rings. The van der Waals surface area contributed by atoms with Crippen LogP contribution in [0, 0.1) is 0 Å². The molecule has 0 aromatic heterocycles. The third kappa shape index (κ3) is 5.48. The Labute approximate surface area is 163 Å². The Morgan fingerprint density at radius 2 is 1.31 bits per heavy atom. The zero-order valence-electron chi connectivity index (χ0n) is 15.0. The maximum absolute atomic E-state index is 12.1. The Balaban J connectivity index is 1.81. The number of rotatable bonds is 5. The normalized spacial score (nSPS) is 11.1. The van der Waals surface area contributed by atoms with Crippen LogP contribution in [0.1, 0.15) is 47.1 Å². The molecule has 0 saturated carbocycles. The molecule has 0 unspecified atom stereocenters. The molecule has 0 aliphatic heterocycles. The van der Waals surface area contributed by atoms with E-state index in [4.69, 9.17) is 23.2 Å². The summed E-state index contributed by atoms with van der Waals surface area (Å²) in [5.74, 6) is -0.443. The van der Waals surface area contributed by atoms with Crippen LogP contribution in [0.3, 0.4) is 0 Å². The molecule has 2 rings (SSSR count). The van der Waals surface area contributed by atoms with Crippen LogP contribution in [-0.2, 0) is 5.41 Å². The largest absolute Gasteiger partial charge is 0.350 e. The first-order valence-electron chi connectivity index (χ1n) is 8.30. The third-order valence-corrected chi connectivity index (χ3v) is 4.63. The fourth-order valence-electron chi connectivity index (χ4n) is 2.32. The van der Waals surface area contributed by atoms with Crippen LogP contribution in [0.15, 0.2) is 42.5 Å². The third-order valence-electron chi connectivity index (χ3n) is 3.89. The molecule has 0 aliphatic carbocycles. The van der Waals surface area contributed by atoms with E-state index in [-0.39, 0.29) is 17.2 Å². The van der Waals surface area contributed by atoms with Crippen molar-refractivity contribution < 1.29 is 9.59 Å². The molecule has 138 valence electrons. The fraction of sp³-hybridized carbons (Fsp3) is 0.300. The van der Waals surface area contributed by atoms with Crippen molar-refractivity contribution in [2.45, 2.75) is 26.2 Å². The topological polar surface area (TPSA) is 58.2 Å². The monoisotopic (exact) mass is 392 g/mol. The quantitative estimate of drug-likeness (QED) is 0.738. The number of benzene rings is 2. The Kier molecular flexibility index (Phi) is 6.68. The highest BCUT2D eigenvalue weighted by atomic mass is 35.5. The molecule has 0 radical (unpaired) electrons. The molecule has 0 spiro atoms. The van der Waals surface area contributed by atoms with Gasteiger partial charge in [0.2, 0.25) is 0 Å². The van der Waals surface area contributed by atoms with Crippen LogP contribution in [0.5, 0.6) is 0 Å². The lowest BCUT2D eigenvalue weighted by molar-refractivity contribution is 0.0927. The van der Waals surface area contributed by atoms with E-state index >= 15 is 0 Å². The molecule has 0 atom stereocenters. The van der Waals surface area contributed by atoms with Crippen molar-refractivity contribution >= 4 is 35.0 Å². The minimum atomic E-state index is -0.271. The van der Waals surface area contributed by atoms with Crippen LogP contribution < -0.4 is 10.6 Å². The maximum atomic E-state index is 12.1. The molecule has 0 bridgehead atoms. The van der Waals surface area contributed by atoms with E-state index in [1.165, 1.54) is 11.6 Å². The molecule has 0 fully saturated rings. The second-order valence-corrected chi connectivity index (χ2v) is 7.78. The van der Waals surface area contributed by atoms with Gasteiger partial charge in [0.05, 0.1) is 10.0 Å². The Morgan fingerprint density at radius 1 is 0.808 bits per heavy atom. The molecule has 0 saturated heterocycles. The van der Waals surface area contributed by atoms with E-state index in [0.29, 0.717) is 34.3 Å². The highest BCUT2D eigenvalue weighted by molar-refractivity contribution is 6.42. The lowest BCUT2D eigenvalue weighted by Crippen LogP contribution is -2.34. The van der Waals surface area contributed by atoms with Crippen molar-refractivity contribution in [1.29, 1.82) is 0 Å². The molecule has 2 N–H and O–H groups in total. The van der Waals surface area contributed by atoms with Crippen molar-refractivity contribution in [3.8, 4) is 0 Å². The summed E-state index contributed by atoms with van der Waals surface area (Å²) < 4.78 is 0. The number of carbonyl (C=O) groups is 2. The van der Waals surface area contributed by atoms with Crippen molar-refractivity contribution in [2.24, 2.45) is 0 Å². The van der Waals surface area contributed by atoms with E-state index in [9.17, 15) is 9.59 Å². The second-order valence-electron chi connectivity index (χ2n) is 6.97. The average molecular weight is 393 g/mol. The summed E-state index contributed by atoms with van der Waals surface area (Å²) in [6, 6.07) is 12.2. The number of nitrogens with one attached hydrogen (secondary N) is 2. The molecule has 2 amide bonds. The minimum Gasteiger partial charge on any atom is -0.350 e. The predicted molar refractivity (Wildman–Crippen MR) is 106 cm³/mol. The van der Waals surface area contributed by atoms with Gasteiger partial charge in [-0.2, -0.15) is 0 Å². The van der Waals surface area contributed by atoms with Gasteiger partial charge in [0.1, 0.15) is 0 Å². The Hall–Kier alpha value is -2.04. The average Bonchev–Trinajstić information content (AvgIpc) is 2.60. The van der Waals surface area contributed by atoms with Crippen LogP contribution in [0.4, 0.5) is 0 Å². The van der Waals surface area contributed by atoms with Gasteiger partial charge < -0.3 is 10.6 Å². The van der Waals surface area contributed by atoms with Crippen molar-refractivity contribution in [3.05, 3.63) is 69.2 Å². The summed E-state index contributed by atoms with van der Waals surface area (Å²) >= 11 is 11.7. The van der Waals surface area contributed by atoms with Gasteiger partial charge in [-0.05, 0) is 41.3 Å². The maximum Gasteiger partial charge on any atom is 0.251 e. The van der Waals surface area contributed by atoms with Crippen LogP contribution >= 0.6 is 23.2 Å². The van der Waals surface area contributed by atoms with Crippen molar-refractivity contribution in [3.63, 3.8) is 0 Å². The first-order chi connectivity index (χ1) is 12.2. The first kappa shape index (κ1) is 20.3. The van der Waals surface area contributed by atoms with E-state index in [1.807, 2.05) is 24.3 Å². The summed E-state index contributed by atoms with van der Waals surface area (Å²) in [7, 11) is 0. The van der Waals surface area contributed by atoms with Gasteiger partial charge in [0.15, 0.2) is 0 Å². The zero-order chi connectivity index (χ0) is 19.3.